The molecule has 7 heteroatoms. The summed E-state index contributed by atoms with van der Waals surface area (Å²) in [6, 6.07) is 0. The molecule has 0 aromatic rings. The second-order valence-corrected chi connectivity index (χ2v) is 6.47. The summed E-state index contributed by atoms with van der Waals surface area (Å²) in [7, 11) is -3.19. The number of aliphatic hydroxyl groups excluding tert-OH is 1. The third kappa shape index (κ3) is 3.44. The van der Waals surface area contributed by atoms with Crippen LogP contribution in [0.15, 0.2) is 0 Å². The first-order chi connectivity index (χ1) is 7.16. The SMILES string of the molecule is CCOP(=O)(OCC)[C@H]1O[C@H](CO)CS1. The van der Waals surface area contributed by atoms with Gasteiger partial charge in [0.1, 0.15) is 0 Å². The average Bonchev–Trinajstić information content (AvgIpc) is 2.67. The summed E-state index contributed by atoms with van der Waals surface area (Å²) in [6.07, 6.45) is -0.269. The van der Waals surface area contributed by atoms with Crippen LogP contribution in [0.1, 0.15) is 13.8 Å². The lowest BCUT2D eigenvalue weighted by atomic mass is 10.4. The molecule has 1 N–H and O–H groups in total. The minimum atomic E-state index is -3.19. The quantitative estimate of drug-likeness (QED) is 0.729. The molecule has 1 heterocycles. The van der Waals surface area contributed by atoms with E-state index in [1.54, 1.807) is 13.8 Å². The van der Waals surface area contributed by atoms with Crippen LogP contribution in [0.5, 0.6) is 0 Å². The molecule has 1 rings (SSSR count). The molecule has 1 saturated heterocycles. The Morgan fingerprint density at radius 1 is 1.47 bits per heavy atom. The normalized spacial score (nSPS) is 27.1. The van der Waals surface area contributed by atoms with E-state index in [0.29, 0.717) is 19.0 Å². The lowest BCUT2D eigenvalue weighted by Gasteiger charge is -2.21. The van der Waals surface area contributed by atoms with Crippen LogP contribution in [0.3, 0.4) is 0 Å². The molecule has 0 aromatic heterocycles. The molecular formula is C8H17O5PS. The van der Waals surface area contributed by atoms with Gasteiger partial charge in [-0.3, -0.25) is 4.57 Å². The number of hydrogen-bond acceptors (Lipinski definition) is 6. The van der Waals surface area contributed by atoms with Gasteiger partial charge in [-0.05, 0) is 13.8 Å². The van der Waals surface area contributed by atoms with Gasteiger partial charge in [0.15, 0.2) is 0 Å². The second kappa shape index (κ2) is 6.23. The number of rotatable bonds is 6. The maximum absolute atomic E-state index is 12.2. The molecule has 15 heavy (non-hydrogen) atoms. The molecule has 0 aromatic carbocycles. The molecule has 5 nitrogen and oxygen atoms in total. The smallest absolute Gasteiger partial charge is 0.369 e. The summed E-state index contributed by atoms with van der Waals surface area (Å²) >= 11 is 1.37. The fourth-order valence-corrected chi connectivity index (χ4v) is 4.72. The van der Waals surface area contributed by atoms with Crippen molar-refractivity contribution in [3.8, 4) is 0 Å². The Bertz CT molecular complexity index is 227. The number of aliphatic hydroxyl groups is 1. The van der Waals surface area contributed by atoms with Crippen LogP contribution < -0.4 is 0 Å². The predicted molar refractivity (Wildman–Crippen MR) is 59.1 cm³/mol. The van der Waals surface area contributed by atoms with E-state index in [1.165, 1.54) is 11.8 Å². The Balaban J connectivity index is 2.61. The van der Waals surface area contributed by atoms with Crippen LogP contribution >= 0.6 is 19.4 Å². The number of hydrogen-bond donors (Lipinski definition) is 1. The van der Waals surface area contributed by atoms with E-state index >= 15 is 0 Å². The van der Waals surface area contributed by atoms with Crippen molar-refractivity contribution in [1.82, 2.24) is 0 Å². The van der Waals surface area contributed by atoms with Crippen molar-refractivity contribution in [3.05, 3.63) is 0 Å². The Kier molecular flexibility index (Phi) is 5.60. The fraction of sp³-hybridized carbons (Fsp3) is 1.00. The summed E-state index contributed by atoms with van der Waals surface area (Å²) in [5, 5.41) is 8.30. The van der Waals surface area contributed by atoms with Crippen molar-refractivity contribution in [3.63, 3.8) is 0 Å². The maximum Gasteiger partial charge on any atom is 0.369 e. The van der Waals surface area contributed by atoms with Crippen molar-refractivity contribution >= 4 is 19.4 Å². The molecule has 0 saturated carbocycles. The summed E-state index contributed by atoms with van der Waals surface area (Å²) in [5.41, 5.74) is 0. The number of thioether (sulfide) groups is 1. The highest BCUT2D eigenvalue weighted by Crippen LogP contribution is 2.59. The Hall–Kier alpha value is 0.420. The lowest BCUT2D eigenvalue weighted by molar-refractivity contribution is 0.0392. The molecule has 0 spiro atoms. The molecule has 1 fully saturated rings. The predicted octanol–water partition coefficient (Wildman–Crippen LogP) is 1.66. The third-order valence-electron chi connectivity index (χ3n) is 1.81. The zero-order chi connectivity index (χ0) is 11.3. The molecule has 0 bridgehead atoms. The Morgan fingerprint density at radius 2 is 2.07 bits per heavy atom. The Labute approximate surface area is 94.0 Å². The summed E-state index contributed by atoms with van der Waals surface area (Å²) in [4.78, 5) is 0. The van der Waals surface area contributed by atoms with Crippen molar-refractivity contribution in [2.75, 3.05) is 25.6 Å². The van der Waals surface area contributed by atoms with Gasteiger partial charge in [0.25, 0.3) is 0 Å². The molecule has 0 unspecified atom stereocenters. The van der Waals surface area contributed by atoms with Gasteiger partial charge in [-0.1, -0.05) is 0 Å². The first-order valence-electron chi connectivity index (χ1n) is 4.93. The van der Waals surface area contributed by atoms with Crippen molar-refractivity contribution in [2.45, 2.75) is 25.1 Å². The highest BCUT2D eigenvalue weighted by atomic mass is 32.2. The van der Waals surface area contributed by atoms with Crippen molar-refractivity contribution < 1.29 is 23.5 Å². The van der Waals surface area contributed by atoms with Crippen LogP contribution in [0.25, 0.3) is 0 Å². The molecule has 0 radical (unpaired) electrons. The first-order valence-corrected chi connectivity index (χ1v) is 7.59. The van der Waals surface area contributed by atoms with Crippen LogP contribution in [-0.2, 0) is 18.3 Å². The highest BCUT2D eigenvalue weighted by Gasteiger charge is 2.42. The monoisotopic (exact) mass is 256 g/mol. The molecule has 0 aliphatic carbocycles. The second-order valence-electron chi connectivity index (χ2n) is 2.96. The van der Waals surface area contributed by atoms with Crippen molar-refractivity contribution in [1.29, 1.82) is 0 Å². The molecule has 2 atom stereocenters. The molecule has 1 aliphatic rings. The third-order valence-corrected chi connectivity index (χ3v) is 5.87. The van der Waals surface area contributed by atoms with E-state index in [2.05, 4.69) is 0 Å². The van der Waals surface area contributed by atoms with Crippen LogP contribution in [0, 0.1) is 0 Å². The van der Waals surface area contributed by atoms with Gasteiger partial charge < -0.3 is 18.9 Å². The van der Waals surface area contributed by atoms with E-state index in [1.807, 2.05) is 0 Å². The van der Waals surface area contributed by atoms with Crippen LogP contribution in [-0.4, -0.2) is 42.0 Å². The zero-order valence-corrected chi connectivity index (χ0v) is 10.6. The van der Waals surface area contributed by atoms with Crippen molar-refractivity contribution in [2.24, 2.45) is 0 Å². The van der Waals surface area contributed by atoms with Gasteiger partial charge in [-0.25, -0.2) is 0 Å². The first kappa shape index (κ1) is 13.5. The van der Waals surface area contributed by atoms with Gasteiger partial charge in [-0.15, -0.1) is 11.8 Å². The van der Waals surface area contributed by atoms with Gasteiger partial charge in [0.2, 0.25) is 5.18 Å². The van der Waals surface area contributed by atoms with Gasteiger partial charge in [0, 0.05) is 5.75 Å². The Morgan fingerprint density at radius 3 is 2.47 bits per heavy atom. The molecule has 0 amide bonds. The zero-order valence-electron chi connectivity index (χ0n) is 8.92. The van der Waals surface area contributed by atoms with E-state index in [-0.39, 0.29) is 12.7 Å². The maximum atomic E-state index is 12.2. The summed E-state index contributed by atoms with van der Waals surface area (Å²) in [5.74, 6) is 0.616. The van der Waals surface area contributed by atoms with Gasteiger partial charge in [-0.2, -0.15) is 0 Å². The minimum absolute atomic E-state index is 0.0677. The van der Waals surface area contributed by atoms with E-state index in [4.69, 9.17) is 18.9 Å². The van der Waals surface area contributed by atoms with Crippen LogP contribution in [0.2, 0.25) is 0 Å². The summed E-state index contributed by atoms with van der Waals surface area (Å²) in [6.45, 7) is 4.09. The van der Waals surface area contributed by atoms with Gasteiger partial charge >= 0.3 is 7.60 Å². The number of ether oxygens (including phenoxy) is 1. The largest absolute Gasteiger partial charge is 0.394 e. The standard InChI is InChI=1S/C8H17O5PS/c1-3-11-14(10,12-4-2)8-13-7(5-9)6-15-8/h7-9H,3-6H2,1-2H3/t7-,8-/m1/s1. The average molecular weight is 256 g/mol. The van der Waals surface area contributed by atoms with Gasteiger partial charge in [0.05, 0.1) is 25.9 Å². The summed E-state index contributed by atoms with van der Waals surface area (Å²) < 4.78 is 27.9. The molecule has 90 valence electrons. The lowest BCUT2D eigenvalue weighted by Crippen LogP contribution is -2.17. The minimum Gasteiger partial charge on any atom is -0.394 e. The van der Waals surface area contributed by atoms with E-state index in [9.17, 15) is 4.57 Å². The topological polar surface area (TPSA) is 65.0 Å². The highest BCUT2D eigenvalue weighted by molar-refractivity contribution is 8.05. The van der Waals surface area contributed by atoms with E-state index < -0.39 is 12.8 Å². The van der Waals surface area contributed by atoms with E-state index in [0.717, 1.165) is 0 Å². The molecule has 1 aliphatic heterocycles. The fourth-order valence-electron chi connectivity index (χ4n) is 1.21. The molecular weight excluding hydrogens is 239 g/mol. The van der Waals surface area contributed by atoms with Crippen LogP contribution in [0.4, 0.5) is 0 Å².